The summed E-state index contributed by atoms with van der Waals surface area (Å²) in [4.78, 5) is 29.5. The van der Waals surface area contributed by atoms with Crippen LogP contribution in [0.15, 0.2) is 36.5 Å². The van der Waals surface area contributed by atoms with Gasteiger partial charge in [-0.3, -0.25) is 14.5 Å². The first-order valence-electron chi connectivity index (χ1n) is 9.74. The van der Waals surface area contributed by atoms with Crippen molar-refractivity contribution in [3.63, 3.8) is 0 Å². The molecule has 8 heteroatoms. The Balaban J connectivity index is 1.65. The van der Waals surface area contributed by atoms with Gasteiger partial charge in [0, 0.05) is 62.4 Å². The van der Waals surface area contributed by atoms with Crippen LogP contribution in [0.4, 0.5) is 5.69 Å². The molecule has 1 aliphatic heterocycles. The summed E-state index contributed by atoms with van der Waals surface area (Å²) in [5.74, 6) is -1.35. The lowest BCUT2D eigenvalue weighted by Gasteiger charge is -2.38. The molecular formula is C21H28ClN5O2. The molecule has 156 valence electrons. The van der Waals surface area contributed by atoms with E-state index < -0.39 is 11.8 Å². The molecule has 0 spiro atoms. The molecule has 1 atom stereocenters. The van der Waals surface area contributed by atoms with Gasteiger partial charge >= 0.3 is 11.8 Å². The van der Waals surface area contributed by atoms with Gasteiger partial charge in [-0.05, 0) is 43.8 Å². The molecule has 0 aliphatic carbocycles. The van der Waals surface area contributed by atoms with Gasteiger partial charge in [0.2, 0.25) is 0 Å². The summed E-state index contributed by atoms with van der Waals surface area (Å²) in [5, 5.41) is 5.96. The highest BCUT2D eigenvalue weighted by Gasteiger charge is 2.27. The lowest BCUT2D eigenvalue weighted by atomic mass is 10.1. The molecule has 0 bridgehead atoms. The smallest absolute Gasteiger partial charge is 0.313 e. The number of likely N-dealkylation sites (N-methyl/N-ethyl adjacent to an activating group) is 1. The van der Waals surface area contributed by atoms with Crippen LogP contribution >= 0.6 is 11.6 Å². The van der Waals surface area contributed by atoms with E-state index in [-0.39, 0.29) is 6.04 Å². The molecule has 1 saturated heterocycles. The number of hydrogen-bond acceptors (Lipinski definition) is 4. The third kappa shape index (κ3) is 5.38. The summed E-state index contributed by atoms with van der Waals surface area (Å²) >= 11 is 5.99. The number of benzene rings is 1. The molecule has 7 nitrogen and oxygen atoms in total. The van der Waals surface area contributed by atoms with Gasteiger partial charge in [-0.1, -0.05) is 17.7 Å². The minimum atomic E-state index is -0.695. The number of piperazine rings is 1. The van der Waals surface area contributed by atoms with Gasteiger partial charge < -0.3 is 20.1 Å². The number of halogens is 1. The van der Waals surface area contributed by atoms with Gasteiger partial charge in [0.05, 0.1) is 6.04 Å². The fourth-order valence-corrected chi connectivity index (χ4v) is 3.72. The second-order valence-corrected chi connectivity index (χ2v) is 7.96. The van der Waals surface area contributed by atoms with E-state index in [0.29, 0.717) is 17.3 Å². The minimum Gasteiger partial charge on any atom is -0.353 e. The van der Waals surface area contributed by atoms with Crippen LogP contribution in [0.5, 0.6) is 0 Å². The normalized spacial score (nSPS) is 16.4. The van der Waals surface area contributed by atoms with Crippen LogP contribution in [0.3, 0.4) is 0 Å². The van der Waals surface area contributed by atoms with E-state index in [4.69, 9.17) is 11.6 Å². The Hall–Kier alpha value is -2.35. The molecule has 29 heavy (non-hydrogen) atoms. The molecule has 3 rings (SSSR count). The van der Waals surface area contributed by atoms with Crippen LogP contribution in [-0.4, -0.2) is 66.0 Å². The van der Waals surface area contributed by atoms with Gasteiger partial charge in [-0.2, -0.15) is 0 Å². The topological polar surface area (TPSA) is 69.6 Å². The largest absolute Gasteiger partial charge is 0.353 e. The summed E-state index contributed by atoms with van der Waals surface area (Å²) in [6.07, 6.45) is 1.99. The van der Waals surface area contributed by atoms with E-state index in [1.807, 2.05) is 26.2 Å². The highest BCUT2D eigenvalue weighted by atomic mass is 35.5. The van der Waals surface area contributed by atoms with Crippen molar-refractivity contribution in [3.8, 4) is 0 Å². The number of hydrogen-bond donors (Lipinski definition) is 2. The lowest BCUT2D eigenvalue weighted by molar-refractivity contribution is -0.136. The van der Waals surface area contributed by atoms with E-state index in [9.17, 15) is 9.59 Å². The number of aryl methyl sites for hydroxylation is 2. The maximum absolute atomic E-state index is 12.4. The van der Waals surface area contributed by atoms with Gasteiger partial charge in [-0.15, -0.1) is 0 Å². The Kier molecular flexibility index (Phi) is 6.95. The van der Waals surface area contributed by atoms with E-state index in [2.05, 4.69) is 38.1 Å². The molecule has 2 heterocycles. The standard InChI is InChI=1S/C21H28ClN5O2/c1-15-6-7-16(22)13-17(15)24-21(29)20(28)23-14-19(18-5-4-8-26(18)3)27-11-9-25(2)10-12-27/h4-8,13,19H,9-12,14H2,1-3H3,(H,23,28)(H,24,29). The zero-order chi connectivity index (χ0) is 21.0. The fraction of sp³-hybridized carbons (Fsp3) is 0.429. The Bertz CT molecular complexity index is 874. The molecule has 1 unspecified atom stereocenters. The number of nitrogens with zero attached hydrogens (tertiary/aromatic N) is 3. The maximum Gasteiger partial charge on any atom is 0.313 e. The van der Waals surface area contributed by atoms with Crippen molar-refractivity contribution in [2.45, 2.75) is 13.0 Å². The Labute approximate surface area is 176 Å². The maximum atomic E-state index is 12.4. The average Bonchev–Trinajstić information content (AvgIpc) is 3.11. The molecule has 2 aromatic rings. The zero-order valence-corrected chi connectivity index (χ0v) is 17.9. The van der Waals surface area contributed by atoms with Crippen molar-refractivity contribution in [3.05, 3.63) is 52.8 Å². The summed E-state index contributed by atoms with van der Waals surface area (Å²) in [5.41, 5.74) is 2.49. The van der Waals surface area contributed by atoms with Crippen LogP contribution in [0.2, 0.25) is 5.02 Å². The highest BCUT2D eigenvalue weighted by molar-refractivity contribution is 6.40. The van der Waals surface area contributed by atoms with Crippen LogP contribution in [0.25, 0.3) is 0 Å². The number of rotatable bonds is 5. The van der Waals surface area contributed by atoms with Crippen molar-refractivity contribution in [1.82, 2.24) is 19.7 Å². The predicted molar refractivity (Wildman–Crippen MR) is 115 cm³/mol. The van der Waals surface area contributed by atoms with Gasteiger partial charge in [0.25, 0.3) is 0 Å². The van der Waals surface area contributed by atoms with Crippen molar-refractivity contribution in [1.29, 1.82) is 0 Å². The average molecular weight is 418 g/mol. The summed E-state index contributed by atoms with van der Waals surface area (Å²) in [6.45, 7) is 5.99. The second kappa shape index (κ2) is 9.43. The number of aromatic nitrogens is 1. The predicted octanol–water partition coefficient (Wildman–Crippen LogP) is 2.03. The Morgan fingerprint density at radius 3 is 2.48 bits per heavy atom. The minimum absolute atomic E-state index is 0.00774. The third-order valence-electron chi connectivity index (χ3n) is 5.41. The Morgan fingerprint density at radius 2 is 1.83 bits per heavy atom. The zero-order valence-electron chi connectivity index (χ0n) is 17.1. The van der Waals surface area contributed by atoms with E-state index in [0.717, 1.165) is 37.4 Å². The molecule has 0 saturated carbocycles. The van der Waals surface area contributed by atoms with Crippen LogP contribution < -0.4 is 10.6 Å². The van der Waals surface area contributed by atoms with Crippen LogP contribution in [-0.2, 0) is 16.6 Å². The van der Waals surface area contributed by atoms with Crippen molar-refractivity contribution in [2.75, 3.05) is 45.1 Å². The van der Waals surface area contributed by atoms with E-state index in [1.165, 1.54) is 0 Å². The lowest BCUT2D eigenvalue weighted by Crippen LogP contribution is -2.49. The van der Waals surface area contributed by atoms with E-state index in [1.54, 1.807) is 18.2 Å². The van der Waals surface area contributed by atoms with Crippen LogP contribution in [0.1, 0.15) is 17.3 Å². The first-order chi connectivity index (χ1) is 13.8. The number of anilines is 1. The summed E-state index contributed by atoms with van der Waals surface area (Å²) in [6, 6.07) is 9.24. The monoisotopic (exact) mass is 417 g/mol. The summed E-state index contributed by atoms with van der Waals surface area (Å²) < 4.78 is 2.06. The van der Waals surface area contributed by atoms with E-state index >= 15 is 0 Å². The first-order valence-corrected chi connectivity index (χ1v) is 10.1. The quantitative estimate of drug-likeness (QED) is 0.730. The molecule has 2 N–H and O–H groups in total. The molecule has 0 radical (unpaired) electrons. The number of carbonyl (C=O) groups is 2. The number of amides is 2. The molecule has 1 aromatic carbocycles. The number of nitrogens with one attached hydrogen (secondary N) is 2. The molecular weight excluding hydrogens is 390 g/mol. The summed E-state index contributed by atoms with van der Waals surface area (Å²) in [7, 11) is 4.10. The number of carbonyl (C=O) groups excluding carboxylic acids is 2. The molecule has 2 amide bonds. The Morgan fingerprint density at radius 1 is 1.10 bits per heavy atom. The van der Waals surface area contributed by atoms with Crippen LogP contribution in [0, 0.1) is 6.92 Å². The van der Waals surface area contributed by atoms with Gasteiger partial charge in [0.15, 0.2) is 0 Å². The van der Waals surface area contributed by atoms with Gasteiger partial charge in [-0.25, -0.2) is 0 Å². The van der Waals surface area contributed by atoms with Crippen molar-refractivity contribution < 1.29 is 9.59 Å². The van der Waals surface area contributed by atoms with Crippen molar-refractivity contribution in [2.24, 2.45) is 7.05 Å². The first kappa shape index (κ1) is 21.4. The SMILES string of the molecule is Cc1ccc(Cl)cc1NC(=O)C(=O)NCC(c1cccn1C)N1CCN(C)CC1. The van der Waals surface area contributed by atoms with Gasteiger partial charge in [0.1, 0.15) is 0 Å². The molecule has 1 fully saturated rings. The van der Waals surface area contributed by atoms with Crippen molar-refractivity contribution >= 4 is 29.1 Å². The molecule has 1 aliphatic rings. The third-order valence-corrected chi connectivity index (χ3v) is 5.65. The highest BCUT2D eigenvalue weighted by Crippen LogP contribution is 2.22. The molecule has 1 aromatic heterocycles. The second-order valence-electron chi connectivity index (χ2n) is 7.52. The fourth-order valence-electron chi connectivity index (χ4n) is 3.55.